The lowest BCUT2D eigenvalue weighted by atomic mass is 10.1. The molecule has 15 heavy (non-hydrogen) atoms. The summed E-state index contributed by atoms with van der Waals surface area (Å²) in [5.41, 5.74) is 0. The van der Waals surface area contributed by atoms with Gasteiger partial charge in [-0.25, -0.2) is 4.98 Å². The number of nitrogens with zero attached hydrogens (tertiary/aromatic N) is 1. The van der Waals surface area contributed by atoms with Gasteiger partial charge in [-0.05, 0) is 13.8 Å². The molecule has 0 aliphatic heterocycles. The van der Waals surface area contributed by atoms with Crippen LogP contribution in [0.4, 0.5) is 0 Å². The van der Waals surface area contributed by atoms with E-state index in [-0.39, 0.29) is 6.10 Å². The molecule has 0 radical (unpaired) electrons. The number of hydrogen-bond donors (Lipinski definition) is 1. The average molecular weight is 228 g/mol. The van der Waals surface area contributed by atoms with Gasteiger partial charge in [0.05, 0.1) is 11.1 Å². The summed E-state index contributed by atoms with van der Waals surface area (Å²) in [6.07, 6.45) is 2.10. The zero-order chi connectivity index (χ0) is 11.3. The van der Waals surface area contributed by atoms with Crippen LogP contribution in [0.15, 0.2) is 11.6 Å². The molecule has 0 saturated carbocycles. The highest BCUT2D eigenvalue weighted by Crippen LogP contribution is 2.16. The van der Waals surface area contributed by atoms with Gasteiger partial charge >= 0.3 is 0 Å². The van der Waals surface area contributed by atoms with Gasteiger partial charge in [-0.1, -0.05) is 6.92 Å². The van der Waals surface area contributed by atoms with E-state index in [0.717, 1.165) is 6.54 Å². The Morgan fingerprint density at radius 3 is 2.73 bits per heavy atom. The molecule has 0 fully saturated rings. The van der Waals surface area contributed by atoms with Crippen LogP contribution in [0.5, 0.6) is 0 Å². The van der Waals surface area contributed by atoms with Gasteiger partial charge in [0.2, 0.25) is 0 Å². The molecule has 0 amide bonds. The second-order valence-corrected chi connectivity index (χ2v) is 4.84. The van der Waals surface area contributed by atoms with Crippen molar-refractivity contribution in [2.24, 2.45) is 0 Å². The minimum Gasteiger partial charge on any atom is -0.380 e. The Bertz CT molecular complexity index is 264. The molecule has 3 nitrogen and oxygen atoms in total. The standard InChI is InChI=1S/C11H20N2OS/c1-8(11-12-5-6-15-11)7-13-9(2)10(3)14-4/h5-6,8-10,13H,7H2,1-4H3. The van der Waals surface area contributed by atoms with E-state index in [0.29, 0.717) is 12.0 Å². The molecule has 1 aromatic rings. The summed E-state index contributed by atoms with van der Waals surface area (Å²) in [6.45, 7) is 7.35. The minimum absolute atomic E-state index is 0.244. The van der Waals surface area contributed by atoms with E-state index < -0.39 is 0 Å². The van der Waals surface area contributed by atoms with E-state index in [1.807, 2.05) is 11.6 Å². The van der Waals surface area contributed by atoms with Crippen LogP contribution in [-0.2, 0) is 4.74 Å². The summed E-state index contributed by atoms with van der Waals surface area (Å²) >= 11 is 1.71. The second kappa shape index (κ2) is 6.20. The van der Waals surface area contributed by atoms with Crippen LogP contribution >= 0.6 is 11.3 Å². The Balaban J connectivity index is 2.31. The number of rotatable bonds is 6. The summed E-state index contributed by atoms with van der Waals surface area (Å²) < 4.78 is 5.26. The van der Waals surface area contributed by atoms with Crippen LogP contribution in [0, 0.1) is 0 Å². The topological polar surface area (TPSA) is 34.1 Å². The van der Waals surface area contributed by atoms with Crippen molar-refractivity contribution < 1.29 is 4.74 Å². The molecule has 0 aromatic carbocycles. The van der Waals surface area contributed by atoms with Crippen LogP contribution in [-0.4, -0.2) is 30.8 Å². The first kappa shape index (κ1) is 12.6. The Labute approximate surface area is 95.9 Å². The molecule has 1 rings (SSSR count). The van der Waals surface area contributed by atoms with Gasteiger partial charge < -0.3 is 10.1 Å². The number of ether oxygens (including phenoxy) is 1. The highest BCUT2D eigenvalue weighted by Gasteiger charge is 2.13. The zero-order valence-corrected chi connectivity index (χ0v) is 10.7. The number of thiazole rings is 1. The van der Waals surface area contributed by atoms with Crippen molar-refractivity contribution in [3.05, 3.63) is 16.6 Å². The lowest BCUT2D eigenvalue weighted by Crippen LogP contribution is -2.38. The SMILES string of the molecule is COC(C)C(C)NCC(C)c1nccs1. The van der Waals surface area contributed by atoms with E-state index in [1.54, 1.807) is 18.4 Å². The van der Waals surface area contributed by atoms with Gasteiger partial charge in [0, 0.05) is 37.2 Å². The van der Waals surface area contributed by atoms with Gasteiger partial charge in [0.15, 0.2) is 0 Å². The van der Waals surface area contributed by atoms with Crippen molar-refractivity contribution >= 4 is 11.3 Å². The first-order chi connectivity index (χ1) is 7.15. The molecule has 1 aromatic heterocycles. The van der Waals surface area contributed by atoms with Crippen molar-refractivity contribution in [1.29, 1.82) is 0 Å². The normalized spacial score (nSPS) is 17.3. The predicted octanol–water partition coefficient (Wildman–Crippen LogP) is 2.26. The lowest BCUT2D eigenvalue weighted by molar-refractivity contribution is 0.0884. The Morgan fingerprint density at radius 2 is 2.20 bits per heavy atom. The van der Waals surface area contributed by atoms with E-state index in [2.05, 4.69) is 31.1 Å². The summed E-state index contributed by atoms with van der Waals surface area (Å²) in [6, 6.07) is 0.373. The monoisotopic (exact) mass is 228 g/mol. The average Bonchev–Trinajstić information content (AvgIpc) is 2.77. The summed E-state index contributed by atoms with van der Waals surface area (Å²) in [4.78, 5) is 4.31. The molecule has 0 spiro atoms. The zero-order valence-electron chi connectivity index (χ0n) is 9.86. The van der Waals surface area contributed by atoms with Gasteiger partial charge in [0.25, 0.3) is 0 Å². The summed E-state index contributed by atoms with van der Waals surface area (Å²) in [7, 11) is 1.74. The lowest BCUT2D eigenvalue weighted by Gasteiger charge is -2.21. The van der Waals surface area contributed by atoms with Crippen molar-refractivity contribution in [3.8, 4) is 0 Å². The van der Waals surface area contributed by atoms with Gasteiger partial charge in [-0.15, -0.1) is 11.3 Å². The Kier molecular flexibility index (Phi) is 5.22. The maximum atomic E-state index is 5.26. The fourth-order valence-electron chi connectivity index (χ4n) is 1.30. The number of aromatic nitrogens is 1. The fourth-order valence-corrected chi connectivity index (χ4v) is 2.00. The summed E-state index contributed by atoms with van der Waals surface area (Å²) in [5.74, 6) is 0.469. The summed E-state index contributed by atoms with van der Waals surface area (Å²) in [5, 5.41) is 6.68. The first-order valence-corrected chi connectivity index (χ1v) is 6.18. The highest BCUT2D eigenvalue weighted by atomic mass is 32.1. The molecule has 1 heterocycles. The first-order valence-electron chi connectivity index (χ1n) is 5.30. The van der Waals surface area contributed by atoms with Crippen molar-refractivity contribution in [3.63, 3.8) is 0 Å². The highest BCUT2D eigenvalue weighted by molar-refractivity contribution is 7.09. The molecule has 0 aliphatic carbocycles. The molecule has 0 aliphatic rings. The second-order valence-electron chi connectivity index (χ2n) is 3.91. The maximum absolute atomic E-state index is 5.26. The molecule has 86 valence electrons. The molecule has 3 atom stereocenters. The molecule has 0 bridgehead atoms. The third-order valence-corrected chi connectivity index (χ3v) is 3.70. The molecular formula is C11H20N2OS. The fraction of sp³-hybridized carbons (Fsp3) is 0.727. The number of hydrogen-bond acceptors (Lipinski definition) is 4. The smallest absolute Gasteiger partial charge is 0.0965 e. The Morgan fingerprint density at radius 1 is 1.47 bits per heavy atom. The number of methoxy groups -OCH3 is 1. The van der Waals surface area contributed by atoms with Crippen LogP contribution < -0.4 is 5.32 Å². The minimum atomic E-state index is 0.244. The molecular weight excluding hydrogens is 208 g/mol. The van der Waals surface area contributed by atoms with Crippen molar-refractivity contribution in [2.75, 3.05) is 13.7 Å². The van der Waals surface area contributed by atoms with Crippen molar-refractivity contribution in [1.82, 2.24) is 10.3 Å². The van der Waals surface area contributed by atoms with Crippen LogP contribution in [0.25, 0.3) is 0 Å². The maximum Gasteiger partial charge on any atom is 0.0965 e. The number of nitrogens with one attached hydrogen (secondary N) is 1. The van der Waals surface area contributed by atoms with Crippen molar-refractivity contribution in [2.45, 2.75) is 38.8 Å². The van der Waals surface area contributed by atoms with E-state index in [9.17, 15) is 0 Å². The largest absolute Gasteiger partial charge is 0.380 e. The van der Waals surface area contributed by atoms with E-state index in [4.69, 9.17) is 4.74 Å². The third kappa shape index (κ3) is 3.89. The third-order valence-electron chi connectivity index (χ3n) is 2.69. The predicted molar refractivity (Wildman–Crippen MR) is 64.5 cm³/mol. The van der Waals surface area contributed by atoms with Gasteiger partial charge in [0.1, 0.15) is 0 Å². The van der Waals surface area contributed by atoms with E-state index >= 15 is 0 Å². The molecule has 0 saturated heterocycles. The van der Waals surface area contributed by atoms with E-state index in [1.165, 1.54) is 5.01 Å². The molecule has 1 N–H and O–H groups in total. The Hall–Kier alpha value is -0.450. The molecule has 3 unspecified atom stereocenters. The quantitative estimate of drug-likeness (QED) is 0.811. The van der Waals surface area contributed by atoms with Crippen LogP contribution in [0.2, 0.25) is 0 Å². The van der Waals surface area contributed by atoms with Crippen LogP contribution in [0.1, 0.15) is 31.7 Å². The van der Waals surface area contributed by atoms with Crippen LogP contribution in [0.3, 0.4) is 0 Å². The molecule has 4 heteroatoms. The van der Waals surface area contributed by atoms with Gasteiger partial charge in [-0.3, -0.25) is 0 Å². The van der Waals surface area contributed by atoms with Gasteiger partial charge in [-0.2, -0.15) is 0 Å².